The number of hydrogen-bond donors (Lipinski definition) is 2. The summed E-state index contributed by atoms with van der Waals surface area (Å²) in [5.74, 6) is -0.103. The number of aromatic nitrogens is 4. The molecule has 7 nitrogen and oxygen atoms in total. The van der Waals surface area contributed by atoms with Gasteiger partial charge < -0.3 is 9.72 Å². The van der Waals surface area contributed by atoms with Gasteiger partial charge in [0.25, 0.3) is 5.56 Å². The van der Waals surface area contributed by atoms with Gasteiger partial charge in [-0.3, -0.25) is 14.3 Å². The third kappa shape index (κ3) is 2.66. The third-order valence-electron chi connectivity index (χ3n) is 3.46. The fourth-order valence-corrected chi connectivity index (χ4v) is 2.21. The fraction of sp³-hybridized carbons (Fsp3) is 0.214. The van der Waals surface area contributed by atoms with Crippen LogP contribution in [0.1, 0.15) is 11.1 Å². The molecule has 0 spiro atoms. The molecule has 10 heteroatoms. The number of nitrogens with one attached hydrogen (secondary N) is 2. The van der Waals surface area contributed by atoms with Crippen LogP contribution < -0.4 is 16.0 Å². The maximum atomic E-state index is 12.9. The van der Waals surface area contributed by atoms with Gasteiger partial charge in [-0.05, 0) is 24.6 Å². The summed E-state index contributed by atoms with van der Waals surface area (Å²) in [7, 11) is 1.39. The normalized spacial score (nSPS) is 11.9. The molecule has 0 radical (unpaired) electrons. The smallest absolute Gasteiger partial charge is 0.416 e. The first kappa shape index (κ1) is 15.8. The summed E-state index contributed by atoms with van der Waals surface area (Å²) < 4.78 is 45.1. The zero-order valence-electron chi connectivity index (χ0n) is 12.5. The molecule has 3 rings (SSSR count). The summed E-state index contributed by atoms with van der Waals surface area (Å²) >= 11 is 0. The van der Waals surface area contributed by atoms with Crippen LogP contribution in [0.5, 0.6) is 11.8 Å². The number of alkyl halides is 3. The van der Waals surface area contributed by atoms with E-state index in [9.17, 15) is 22.8 Å². The van der Waals surface area contributed by atoms with Crippen LogP contribution in [-0.4, -0.2) is 19.5 Å². The van der Waals surface area contributed by atoms with Gasteiger partial charge in [-0.1, -0.05) is 6.07 Å². The summed E-state index contributed by atoms with van der Waals surface area (Å²) in [6.45, 7) is 1.34. The third-order valence-corrected chi connectivity index (χ3v) is 3.46. The minimum absolute atomic E-state index is 0.0183. The van der Waals surface area contributed by atoms with Crippen molar-refractivity contribution in [1.29, 1.82) is 0 Å². The Bertz CT molecular complexity index is 1050. The molecule has 0 atom stereocenters. The fourth-order valence-electron chi connectivity index (χ4n) is 2.21. The van der Waals surface area contributed by atoms with Crippen LogP contribution in [0.2, 0.25) is 0 Å². The Balaban J connectivity index is 2.05. The Morgan fingerprint density at radius 3 is 2.58 bits per heavy atom. The van der Waals surface area contributed by atoms with Gasteiger partial charge in [-0.15, -0.1) is 0 Å². The minimum atomic E-state index is -4.52. The number of rotatable bonds is 2. The number of aromatic amines is 2. The van der Waals surface area contributed by atoms with Crippen molar-refractivity contribution in [3.63, 3.8) is 0 Å². The highest BCUT2D eigenvalue weighted by atomic mass is 19.4. The quantitative estimate of drug-likeness (QED) is 0.747. The second kappa shape index (κ2) is 5.25. The van der Waals surface area contributed by atoms with Crippen molar-refractivity contribution in [3.05, 3.63) is 50.2 Å². The molecule has 0 aliphatic rings. The Kier molecular flexibility index (Phi) is 3.47. The summed E-state index contributed by atoms with van der Waals surface area (Å²) in [5, 5.41) is 0. The van der Waals surface area contributed by atoms with Crippen LogP contribution in [0.15, 0.2) is 27.8 Å². The predicted octanol–water partition coefficient (Wildman–Crippen LogP) is 2.07. The van der Waals surface area contributed by atoms with Gasteiger partial charge >= 0.3 is 17.9 Å². The molecule has 0 bridgehead atoms. The van der Waals surface area contributed by atoms with Gasteiger partial charge in [0.2, 0.25) is 0 Å². The number of hydrogen-bond acceptors (Lipinski definition) is 4. The molecule has 2 N–H and O–H groups in total. The van der Waals surface area contributed by atoms with Crippen molar-refractivity contribution in [2.24, 2.45) is 7.05 Å². The van der Waals surface area contributed by atoms with Gasteiger partial charge in [0.1, 0.15) is 5.75 Å². The average molecular weight is 340 g/mol. The van der Waals surface area contributed by atoms with Crippen LogP contribution in [0.3, 0.4) is 0 Å². The largest absolute Gasteiger partial charge is 0.426 e. The lowest BCUT2D eigenvalue weighted by molar-refractivity contribution is -0.138. The van der Waals surface area contributed by atoms with Crippen molar-refractivity contribution in [2.75, 3.05) is 0 Å². The van der Waals surface area contributed by atoms with Crippen molar-refractivity contribution >= 4 is 11.2 Å². The molecule has 0 fully saturated rings. The lowest BCUT2D eigenvalue weighted by Crippen LogP contribution is -2.28. The molecule has 0 unspecified atom stereocenters. The highest BCUT2D eigenvalue weighted by Gasteiger charge is 2.32. The van der Waals surface area contributed by atoms with Gasteiger partial charge in [0, 0.05) is 7.05 Å². The molecule has 0 aliphatic heterocycles. The van der Waals surface area contributed by atoms with Crippen LogP contribution in [0.4, 0.5) is 13.2 Å². The molecule has 0 aliphatic carbocycles. The van der Waals surface area contributed by atoms with Crippen LogP contribution >= 0.6 is 0 Å². The van der Waals surface area contributed by atoms with Crippen molar-refractivity contribution < 1.29 is 17.9 Å². The zero-order valence-corrected chi connectivity index (χ0v) is 12.5. The van der Waals surface area contributed by atoms with E-state index in [0.717, 1.165) is 10.6 Å². The first-order valence-electron chi connectivity index (χ1n) is 6.71. The van der Waals surface area contributed by atoms with E-state index >= 15 is 0 Å². The maximum Gasteiger partial charge on any atom is 0.416 e. The van der Waals surface area contributed by atoms with E-state index in [1.165, 1.54) is 26.1 Å². The summed E-state index contributed by atoms with van der Waals surface area (Å²) in [6.07, 6.45) is -4.52. The highest BCUT2D eigenvalue weighted by molar-refractivity contribution is 5.70. The number of benzene rings is 1. The van der Waals surface area contributed by atoms with E-state index in [4.69, 9.17) is 4.74 Å². The molecule has 24 heavy (non-hydrogen) atoms. The van der Waals surface area contributed by atoms with Gasteiger partial charge in [0.15, 0.2) is 11.2 Å². The topological polar surface area (TPSA) is 92.8 Å². The number of ether oxygens (including phenoxy) is 1. The first-order chi connectivity index (χ1) is 11.2. The molecule has 1 aromatic carbocycles. The number of aryl methyl sites for hydroxylation is 2. The molecule has 0 amide bonds. The van der Waals surface area contributed by atoms with Gasteiger partial charge in [-0.2, -0.15) is 18.2 Å². The van der Waals surface area contributed by atoms with Crippen molar-refractivity contribution in [2.45, 2.75) is 13.1 Å². The van der Waals surface area contributed by atoms with E-state index in [0.29, 0.717) is 0 Å². The highest BCUT2D eigenvalue weighted by Crippen LogP contribution is 2.34. The second-order valence-corrected chi connectivity index (χ2v) is 5.14. The van der Waals surface area contributed by atoms with E-state index in [-0.39, 0.29) is 28.5 Å². The Morgan fingerprint density at radius 1 is 1.21 bits per heavy atom. The van der Waals surface area contributed by atoms with Crippen LogP contribution in [-0.2, 0) is 13.2 Å². The maximum absolute atomic E-state index is 12.9. The number of halogens is 3. The van der Waals surface area contributed by atoms with E-state index in [2.05, 4.69) is 15.0 Å². The monoisotopic (exact) mass is 340 g/mol. The molecule has 3 aromatic rings. The standard InChI is InChI=1S/C14H11F3N4O3/c1-6-3-4-7(5-8(6)14(15,16)17)24-12-18-9-10(19-12)21(2)13(23)20-11(9)22/h3-5H,1-2H3,(H,18,19)(H,20,22,23). The molecule has 126 valence electrons. The Labute approximate surface area is 131 Å². The summed E-state index contributed by atoms with van der Waals surface area (Å²) in [6, 6.07) is 3.25. The van der Waals surface area contributed by atoms with Crippen LogP contribution in [0.25, 0.3) is 11.2 Å². The van der Waals surface area contributed by atoms with Gasteiger partial charge in [-0.25, -0.2) is 4.79 Å². The van der Waals surface area contributed by atoms with E-state index in [1.54, 1.807) is 0 Å². The lowest BCUT2D eigenvalue weighted by Gasteiger charge is -2.11. The summed E-state index contributed by atoms with van der Waals surface area (Å²) in [5.41, 5.74) is -2.13. The second-order valence-electron chi connectivity index (χ2n) is 5.14. The molecular formula is C14H11F3N4O3. The number of imidazole rings is 1. The molecular weight excluding hydrogens is 329 g/mol. The number of H-pyrrole nitrogens is 2. The van der Waals surface area contributed by atoms with E-state index < -0.39 is 23.0 Å². The molecule has 0 saturated carbocycles. The van der Waals surface area contributed by atoms with E-state index in [1.807, 2.05) is 0 Å². The zero-order chi connectivity index (χ0) is 17.6. The van der Waals surface area contributed by atoms with Crippen molar-refractivity contribution in [3.8, 4) is 11.8 Å². The SMILES string of the molecule is Cc1ccc(Oc2nc3c([nH]2)c(=O)[nH]c(=O)n3C)cc1C(F)(F)F. The Morgan fingerprint density at radius 2 is 1.92 bits per heavy atom. The minimum Gasteiger partial charge on any atom is -0.426 e. The Hall–Kier alpha value is -3.04. The lowest BCUT2D eigenvalue weighted by atomic mass is 10.1. The predicted molar refractivity (Wildman–Crippen MR) is 78.2 cm³/mol. The average Bonchev–Trinajstić information content (AvgIpc) is 2.90. The van der Waals surface area contributed by atoms with Crippen LogP contribution in [0, 0.1) is 6.92 Å². The molecule has 0 saturated heterocycles. The first-order valence-corrected chi connectivity index (χ1v) is 6.71. The molecule has 2 aromatic heterocycles. The number of nitrogens with zero attached hydrogens (tertiary/aromatic N) is 2. The molecule has 2 heterocycles. The number of fused-ring (bicyclic) bond motifs is 1. The van der Waals surface area contributed by atoms with Gasteiger partial charge in [0.05, 0.1) is 5.56 Å². The summed E-state index contributed by atoms with van der Waals surface area (Å²) in [4.78, 5) is 31.7. The van der Waals surface area contributed by atoms with Crippen molar-refractivity contribution in [1.82, 2.24) is 19.5 Å².